The van der Waals surface area contributed by atoms with E-state index in [2.05, 4.69) is 5.32 Å². The quantitative estimate of drug-likeness (QED) is 0.879. The summed E-state index contributed by atoms with van der Waals surface area (Å²) < 4.78 is 18.3. The van der Waals surface area contributed by atoms with Gasteiger partial charge in [0.05, 0.1) is 5.56 Å². The van der Waals surface area contributed by atoms with Crippen LogP contribution in [0.4, 0.5) is 4.39 Å². The summed E-state index contributed by atoms with van der Waals surface area (Å²) >= 11 is 0. The molecule has 0 aromatic heterocycles. The fourth-order valence-electron chi connectivity index (χ4n) is 2.82. The molecule has 5 heteroatoms. The van der Waals surface area contributed by atoms with Crippen molar-refractivity contribution in [3.63, 3.8) is 0 Å². The van der Waals surface area contributed by atoms with Crippen molar-refractivity contribution in [1.82, 2.24) is 5.32 Å². The number of carbonyl (C=O) groups is 2. The van der Waals surface area contributed by atoms with Gasteiger partial charge < -0.3 is 10.1 Å². The molecule has 2 aromatic rings. The van der Waals surface area contributed by atoms with Crippen LogP contribution < -0.4 is 5.32 Å². The molecule has 124 valence electrons. The molecule has 0 radical (unpaired) electrons. The Morgan fingerprint density at radius 3 is 2.67 bits per heavy atom. The van der Waals surface area contributed by atoms with Crippen molar-refractivity contribution in [3.8, 4) is 0 Å². The Morgan fingerprint density at radius 1 is 1.21 bits per heavy atom. The number of carbonyl (C=O) groups excluding carboxylic acids is 2. The SMILES string of the molecule is C[C@@]1(C(=O)NCCc2ccc(F)cc2)Cc2ccccc2C(=O)O1. The van der Waals surface area contributed by atoms with E-state index in [-0.39, 0.29) is 11.7 Å². The van der Waals surface area contributed by atoms with Crippen LogP contribution >= 0.6 is 0 Å². The summed E-state index contributed by atoms with van der Waals surface area (Å²) in [5.74, 6) is -1.09. The molecule has 0 saturated heterocycles. The van der Waals surface area contributed by atoms with Gasteiger partial charge in [0.25, 0.3) is 5.91 Å². The smallest absolute Gasteiger partial charge is 0.339 e. The number of halogens is 1. The molecule has 1 atom stereocenters. The van der Waals surface area contributed by atoms with Gasteiger partial charge in [-0.1, -0.05) is 30.3 Å². The molecule has 1 amide bonds. The molecule has 0 unspecified atom stereocenters. The van der Waals surface area contributed by atoms with Gasteiger partial charge in [-0.05, 0) is 42.7 Å². The fraction of sp³-hybridized carbons (Fsp3) is 0.263. The summed E-state index contributed by atoms with van der Waals surface area (Å²) in [6.07, 6.45) is 0.921. The first-order valence-electron chi connectivity index (χ1n) is 7.82. The number of hydrogen-bond donors (Lipinski definition) is 1. The first-order chi connectivity index (χ1) is 11.5. The predicted octanol–water partition coefficient (Wildman–Crippen LogP) is 2.66. The Hall–Kier alpha value is -2.69. The van der Waals surface area contributed by atoms with Crippen LogP contribution in [0, 0.1) is 5.82 Å². The average Bonchev–Trinajstić information content (AvgIpc) is 2.56. The van der Waals surface area contributed by atoms with Gasteiger partial charge in [-0.15, -0.1) is 0 Å². The number of cyclic esters (lactones) is 1. The van der Waals surface area contributed by atoms with Gasteiger partial charge in [-0.2, -0.15) is 0 Å². The van der Waals surface area contributed by atoms with E-state index in [9.17, 15) is 14.0 Å². The molecule has 0 spiro atoms. The maximum atomic E-state index is 12.9. The molecule has 0 fully saturated rings. The van der Waals surface area contributed by atoms with E-state index in [1.165, 1.54) is 12.1 Å². The average molecular weight is 327 g/mol. The minimum Gasteiger partial charge on any atom is -0.445 e. The second-order valence-corrected chi connectivity index (χ2v) is 6.09. The number of esters is 1. The van der Waals surface area contributed by atoms with Gasteiger partial charge in [0.2, 0.25) is 0 Å². The molecular weight excluding hydrogens is 309 g/mol. The number of nitrogens with one attached hydrogen (secondary N) is 1. The zero-order chi connectivity index (χ0) is 17.2. The van der Waals surface area contributed by atoms with Crippen molar-refractivity contribution in [2.75, 3.05) is 6.54 Å². The second kappa shape index (κ2) is 6.43. The number of benzene rings is 2. The highest BCUT2D eigenvalue weighted by Crippen LogP contribution is 2.28. The van der Waals surface area contributed by atoms with Crippen molar-refractivity contribution < 1.29 is 18.7 Å². The normalized spacial score (nSPS) is 19.3. The molecule has 2 aromatic carbocycles. The summed E-state index contributed by atoms with van der Waals surface area (Å²) in [5.41, 5.74) is 1.03. The topological polar surface area (TPSA) is 55.4 Å². The molecule has 24 heavy (non-hydrogen) atoms. The molecule has 1 aliphatic heterocycles. The van der Waals surface area contributed by atoms with Crippen molar-refractivity contribution in [3.05, 3.63) is 71.0 Å². The number of rotatable bonds is 4. The standard InChI is InChI=1S/C19H18FNO3/c1-19(12-14-4-2-3-5-16(14)17(22)24-19)18(23)21-11-10-13-6-8-15(20)9-7-13/h2-9H,10-12H2,1H3,(H,21,23)/t19-/m0/s1. The molecule has 0 aliphatic carbocycles. The Kier molecular flexibility index (Phi) is 4.34. The number of hydrogen-bond acceptors (Lipinski definition) is 3. The van der Waals surface area contributed by atoms with Gasteiger partial charge in [0.15, 0.2) is 5.60 Å². The van der Waals surface area contributed by atoms with Crippen LogP contribution in [0.5, 0.6) is 0 Å². The van der Waals surface area contributed by atoms with Crippen molar-refractivity contribution >= 4 is 11.9 Å². The van der Waals surface area contributed by atoms with Crippen molar-refractivity contribution in [2.45, 2.75) is 25.4 Å². The summed E-state index contributed by atoms with van der Waals surface area (Å²) in [6, 6.07) is 13.3. The van der Waals surface area contributed by atoms with Gasteiger partial charge in [-0.3, -0.25) is 4.79 Å². The zero-order valence-corrected chi connectivity index (χ0v) is 13.3. The lowest BCUT2D eigenvalue weighted by Gasteiger charge is -2.33. The van der Waals surface area contributed by atoms with Crippen LogP contribution in [0.1, 0.15) is 28.4 Å². The molecular formula is C19H18FNO3. The third kappa shape index (κ3) is 3.30. The van der Waals surface area contributed by atoms with Crippen molar-refractivity contribution in [1.29, 1.82) is 0 Å². The van der Waals surface area contributed by atoms with Gasteiger partial charge >= 0.3 is 5.97 Å². The maximum absolute atomic E-state index is 12.9. The first kappa shape index (κ1) is 16.2. The van der Waals surface area contributed by atoms with Crippen LogP contribution in [-0.4, -0.2) is 24.0 Å². The van der Waals surface area contributed by atoms with Crippen LogP contribution in [0.3, 0.4) is 0 Å². The number of ether oxygens (including phenoxy) is 1. The summed E-state index contributed by atoms with van der Waals surface area (Å²) in [7, 11) is 0. The van der Waals surface area contributed by atoms with Crippen LogP contribution in [0.15, 0.2) is 48.5 Å². The Morgan fingerprint density at radius 2 is 1.92 bits per heavy atom. The van der Waals surface area contributed by atoms with E-state index in [0.717, 1.165) is 11.1 Å². The molecule has 0 saturated carbocycles. The van der Waals surface area contributed by atoms with Gasteiger partial charge in [0.1, 0.15) is 5.82 Å². The highest BCUT2D eigenvalue weighted by atomic mass is 19.1. The Balaban J connectivity index is 1.62. The fourth-order valence-corrected chi connectivity index (χ4v) is 2.82. The van der Waals surface area contributed by atoms with Crippen LogP contribution in [-0.2, 0) is 22.4 Å². The minimum atomic E-state index is -1.21. The van der Waals surface area contributed by atoms with E-state index in [0.29, 0.717) is 24.9 Å². The lowest BCUT2D eigenvalue weighted by Crippen LogP contribution is -2.52. The molecule has 1 heterocycles. The minimum absolute atomic E-state index is 0.289. The summed E-state index contributed by atoms with van der Waals surface area (Å²) in [4.78, 5) is 24.6. The van der Waals surface area contributed by atoms with Gasteiger partial charge in [0, 0.05) is 13.0 Å². The Bertz CT molecular complexity index is 772. The third-order valence-electron chi connectivity index (χ3n) is 4.18. The highest BCUT2D eigenvalue weighted by molar-refractivity contribution is 5.97. The molecule has 0 bridgehead atoms. The van der Waals surface area contributed by atoms with Crippen LogP contribution in [0.25, 0.3) is 0 Å². The highest BCUT2D eigenvalue weighted by Gasteiger charge is 2.42. The summed E-state index contributed by atoms with van der Waals surface area (Å²) in [6.45, 7) is 2.01. The van der Waals surface area contributed by atoms with Crippen molar-refractivity contribution in [2.24, 2.45) is 0 Å². The molecule has 1 N–H and O–H groups in total. The second-order valence-electron chi connectivity index (χ2n) is 6.09. The lowest BCUT2D eigenvalue weighted by molar-refractivity contribution is -0.139. The van der Waals surface area contributed by atoms with E-state index in [1.54, 1.807) is 31.2 Å². The monoisotopic (exact) mass is 327 g/mol. The molecule has 4 nitrogen and oxygen atoms in total. The summed E-state index contributed by atoms with van der Waals surface area (Å²) in [5, 5.41) is 2.80. The van der Waals surface area contributed by atoms with E-state index in [4.69, 9.17) is 4.74 Å². The maximum Gasteiger partial charge on any atom is 0.339 e. The first-order valence-corrected chi connectivity index (χ1v) is 7.82. The molecule has 3 rings (SSSR count). The number of fused-ring (bicyclic) bond motifs is 1. The zero-order valence-electron chi connectivity index (χ0n) is 13.3. The third-order valence-corrected chi connectivity index (χ3v) is 4.18. The Labute approximate surface area is 139 Å². The van der Waals surface area contributed by atoms with Gasteiger partial charge in [-0.25, -0.2) is 9.18 Å². The number of amides is 1. The van der Waals surface area contributed by atoms with Crippen LogP contribution in [0.2, 0.25) is 0 Å². The largest absolute Gasteiger partial charge is 0.445 e. The van der Waals surface area contributed by atoms with E-state index >= 15 is 0 Å². The van der Waals surface area contributed by atoms with E-state index < -0.39 is 11.6 Å². The van der Waals surface area contributed by atoms with E-state index in [1.807, 2.05) is 12.1 Å². The lowest BCUT2D eigenvalue weighted by atomic mass is 9.89. The predicted molar refractivity (Wildman–Crippen MR) is 87.1 cm³/mol. The molecule has 1 aliphatic rings.